The van der Waals surface area contributed by atoms with E-state index in [1.807, 2.05) is 30.1 Å². The van der Waals surface area contributed by atoms with Crippen LogP contribution >= 0.6 is 23.1 Å². The summed E-state index contributed by atoms with van der Waals surface area (Å²) < 4.78 is 0. The fourth-order valence-corrected chi connectivity index (χ4v) is 4.35. The summed E-state index contributed by atoms with van der Waals surface area (Å²) in [7, 11) is 4.21. The molecule has 0 spiro atoms. The molecule has 1 aliphatic carbocycles. The van der Waals surface area contributed by atoms with Crippen molar-refractivity contribution in [3.8, 4) is 0 Å². The summed E-state index contributed by atoms with van der Waals surface area (Å²) in [5.74, 6) is 1.91. The van der Waals surface area contributed by atoms with Crippen LogP contribution in [0.3, 0.4) is 0 Å². The van der Waals surface area contributed by atoms with Crippen molar-refractivity contribution >= 4 is 28.2 Å². The van der Waals surface area contributed by atoms with Crippen molar-refractivity contribution in [2.45, 2.75) is 44.7 Å². The number of anilines is 1. The molecule has 1 heterocycles. The van der Waals surface area contributed by atoms with Crippen molar-refractivity contribution in [3.63, 3.8) is 0 Å². The Balaban J connectivity index is 2.16. The molecule has 1 aliphatic rings. The first kappa shape index (κ1) is 15.1. The summed E-state index contributed by atoms with van der Waals surface area (Å²) in [6.07, 6.45) is 6.01. The van der Waals surface area contributed by atoms with Crippen LogP contribution < -0.4 is 10.2 Å². The van der Waals surface area contributed by atoms with Crippen molar-refractivity contribution in [2.24, 2.45) is 0 Å². The van der Waals surface area contributed by atoms with Gasteiger partial charge in [0.05, 0.1) is 5.69 Å². The smallest absolute Gasteiger partial charge is 0.185 e. The molecule has 0 bridgehead atoms. The van der Waals surface area contributed by atoms with E-state index >= 15 is 0 Å². The molecule has 19 heavy (non-hydrogen) atoms. The number of aromatic nitrogens is 1. The molecule has 0 amide bonds. The lowest BCUT2D eigenvalue weighted by molar-refractivity contribution is 0.670. The summed E-state index contributed by atoms with van der Waals surface area (Å²) >= 11 is 3.79. The third kappa shape index (κ3) is 3.64. The van der Waals surface area contributed by atoms with Crippen molar-refractivity contribution < 1.29 is 0 Å². The van der Waals surface area contributed by atoms with Gasteiger partial charge in [-0.3, -0.25) is 0 Å². The Morgan fingerprint density at radius 1 is 1.53 bits per heavy atom. The van der Waals surface area contributed by atoms with Crippen LogP contribution in [0.5, 0.6) is 0 Å². The fraction of sp³-hybridized carbons (Fsp3) is 0.786. The van der Waals surface area contributed by atoms with Crippen molar-refractivity contribution in [3.05, 3.63) is 10.6 Å². The second-order valence-corrected chi connectivity index (χ2v) is 7.21. The van der Waals surface area contributed by atoms with Crippen LogP contribution in [0.15, 0.2) is 0 Å². The lowest BCUT2D eigenvalue weighted by Crippen LogP contribution is -2.33. The lowest BCUT2D eigenvalue weighted by Gasteiger charge is -2.26. The highest BCUT2D eigenvalue weighted by atomic mass is 32.2. The largest absolute Gasteiger partial charge is 0.347 e. The maximum Gasteiger partial charge on any atom is 0.185 e. The van der Waals surface area contributed by atoms with E-state index in [4.69, 9.17) is 4.98 Å². The van der Waals surface area contributed by atoms with Crippen molar-refractivity contribution in [1.29, 1.82) is 0 Å². The van der Waals surface area contributed by atoms with Gasteiger partial charge in [-0.25, -0.2) is 4.98 Å². The maximum absolute atomic E-state index is 4.94. The molecule has 1 atom stereocenters. The monoisotopic (exact) mass is 299 g/mol. The summed E-state index contributed by atoms with van der Waals surface area (Å²) in [5.41, 5.74) is 1.36. The quantitative estimate of drug-likeness (QED) is 0.797. The summed E-state index contributed by atoms with van der Waals surface area (Å²) in [5, 5.41) is 4.48. The SMILES string of the molecule is CCC(CSC)N(C)c1nc(C2CC2)c(CNC)s1. The van der Waals surface area contributed by atoms with E-state index in [0.29, 0.717) is 6.04 Å². The Labute approximate surface area is 125 Å². The number of nitrogens with one attached hydrogen (secondary N) is 1. The van der Waals surface area contributed by atoms with E-state index in [2.05, 4.69) is 30.4 Å². The van der Waals surface area contributed by atoms with Crippen molar-refractivity contribution in [1.82, 2.24) is 10.3 Å². The fourth-order valence-electron chi connectivity index (χ4n) is 2.32. The van der Waals surface area contributed by atoms with Gasteiger partial charge in [0.1, 0.15) is 0 Å². The number of rotatable bonds is 8. The molecule has 3 nitrogen and oxygen atoms in total. The van der Waals surface area contributed by atoms with Crippen LogP contribution in [0.25, 0.3) is 0 Å². The second kappa shape index (κ2) is 6.95. The molecule has 1 N–H and O–H groups in total. The van der Waals surface area contributed by atoms with Gasteiger partial charge in [0.2, 0.25) is 0 Å². The van der Waals surface area contributed by atoms with Crippen LogP contribution in [0.2, 0.25) is 0 Å². The van der Waals surface area contributed by atoms with Gasteiger partial charge in [0.15, 0.2) is 5.13 Å². The molecular formula is C14H25N3S2. The van der Waals surface area contributed by atoms with Gasteiger partial charge in [-0.05, 0) is 32.6 Å². The lowest BCUT2D eigenvalue weighted by atomic mass is 10.2. The van der Waals surface area contributed by atoms with Gasteiger partial charge in [0.25, 0.3) is 0 Å². The number of hydrogen-bond acceptors (Lipinski definition) is 5. The third-order valence-electron chi connectivity index (χ3n) is 3.70. The predicted octanol–water partition coefficient (Wildman–Crippen LogP) is 3.32. The first-order chi connectivity index (χ1) is 9.21. The van der Waals surface area contributed by atoms with E-state index in [0.717, 1.165) is 12.5 Å². The number of thiazole rings is 1. The zero-order valence-electron chi connectivity index (χ0n) is 12.4. The number of thioether (sulfide) groups is 1. The molecule has 1 aromatic heterocycles. The van der Waals surface area contributed by atoms with Crippen LogP contribution in [0.4, 0.5) is 5.13 Å². The minimum atomic E-state index is 0.593. The molecule has 1 fully saturated rings. The average Bonchev–Trinajstić information content (AvgIpc) is 3.17. The van der Waals surface area contributed by atoms with Gasteiger partial charge in [-0.2, -0.15) is 11.8 Å². The summed E-state index contributed by atoms with van der Waals surface area (Å²) in [4.78, 5) is 8.75. The van der Waals surface area contributed by atoms with Gasteiger partial charge in [0, 0.05) is 36.2 Å². The van der Waals surface area contributed by atoms with Gasteiger partial charge >= 0.3 is 0 Å². The van der Waals surface area contributed by atoms with E-state index in [1.165, 1.54) is 40.7 Å². The second-order valence-electron chi connectivity index (χ2n) is 5.24. The molecule has 5 heteroatoms. The minimum absolute atomic E-state index is 0.593. The summed E-state index contributed by atoms with van der Waals surface area (Å²) in [6, 6.07) is 0.593. The zero-order valence-corrected chi connectivity index (χ0v) is 14.0. The van der Waals surface area contributed by atoms with Gasteiger partial charge in [-0.1, -0.05) is 6.92 Å². The molecule has 0 saturated heterocycles. The average molecular weight is 300 g/mol. The molecule has 0 aliphatic heterocycles. The molecule has 108 valence electrons. The Hall–Kier alpha value is -0.260. The standard InChI is InChI=1S/C14H25N3S2/c1-5-11(9-18-4)17(3)14-16-13(10-6-7-10)12(19-14)8-15-2/h10-11,15H,5-9H2,1-4H3. The highest BCUT2D eigenvalue weighted by Gasteiger charge is 2.30. The van der Waals surface area contributed by atoms with Gasteiger partial charge in [-0.15, -0.1) is 11.3 Å². The zero-order chi connectivity index (χ0) is 13.8. The Morgan fingerprint density at radius 2 is 2.26 bits per heavy atom. The van der Waals surface area contributed by atoms with E-state index < -0.39 is 0 Å². The van der Waals surface area contributed by atoms with Crippen LogP contribution in [-0.4, -0.2) is 37.1 Å². The van der Waals surface area contributed by atoms with E-state index in [1.54, 1.807) is 0 Å². The van der Waals surface area contributed by atoms with Crippen LogP contribution in [0, 0.1) is 0 Å². The molecule has 1 saturated carbocycles. The number of hydrogen-bond donors (Lipinski definition) is 1. The Kier molecular flexibility index (Phi) is 5.54. The first-order valence-corrected chi connectivity index (χ1v) is 9.28. The molecule has 1 aromatic rings. The molecule has 2 rings (SSSR count). The predicted molar refractivity (Wildman–Crippen MR) is 87.7 cm³/mol. The molecule has 0 radical (unpaired) electrons. The van der Waals surface area contributed by atoms with Crippen molar-refractivity contribution in [2.75, 3.05) is 31.0 Å². The molecule has 0 aromatic carbocycles. The first-order valence-electron chi connectivity index (χ1n) is 7.07. The van der Waals surface area contributed by atoms with E-state index in [9.17, 15) is 0 Å². The van der Waals surface area contributed by atoms with Gasteiger partial charge < -0.3 is 10.2 Å². The van der Waals surface area contributed by atoms with Crippen LogP contribution in [0.1, 0.15) is 42.7 Å². The molecular weight excluding hydrogens is 274 g/mol. The van der Waals surface area contributed by atoms with Crippen LogP contribution in [-0.2, 0) is 6.54 Å². The third-order valence-corrected chi connectivity index (χ3v) is 5.58. The Bertz CT molecular complexity index is 401. The highest BCUT2D eigenvalue weighted by molar-refractivity contribution is 7.98. The summed E-state index contributed by atoms with van der Waals surface area (Å²) in [6.45, 7) is 3.22. The normalized spacial score (nSPS) is 16.6. The minimum Gasteiger partial charge on any atom is -0.347 e. The van der Waals surface area contributed by atoms with E-state index in [-0.39, 0.29) is 0 Å². The topological polar surface area (TPSA) is 28.2 Å². The maximum atomic E-state index is 4.94. The Morgan fingerprint density at radius 3 is 2.79 bits per heavy atom. The molecule has 1 unspecified atom stereocenters. The number of nitrogens with zero attached hydrogens (tertiary/aromatic N) is 2. The highest BCUT2D eigenvalue weighted by Crippen LogP contribution is 2.44.